The van der Waals surface area contributed by atoms with Crippen molar-refractivity contribution in [1.29, 1.82) is 0 Å². The number of aryl methyl sites for hydroxylation is 1. The highest BCUT2D eigenvalue weighted by Crippen LogP contribution is 2.10. The first-order chi connectivity index (χ1) is 8.58. The fourth-order valence-electron chi connectivity index (χ4n) is 1.59. The quantitative estimate of drug-likeness (QED) is 0.723. The number of H-pyrrole nitrogens is 2. The number of aromatic nitrogens is 2. The number of para-hydroxylation sites is 1. The number of hydrogen-bond donors (Lipinski definition) is 3. The SMILES string of the molecule is Cc1[nH]c(=O)[nH]c(=S)c1C(=O)Nc1ccccc1. The number of nitrogens with one attached hydrogen (secondary N) is 3. The Morgan fingerprint density at radius 2 is 1.89 bits per heavy atom. The minimum atomic E-state index is -0.422. The van der Waals surface area contributed by atoms with E-state index in [-0.39, 0.29) is 16.1 Å². The van der Waals surface area contributed by atoms with Crippen molar-refractivity contribution < 1.29 is 4.79 Å². The first kappa shape index (κ1) is 12.3. The van der Waals surface area contributed by atoms with Crippen molar-refractivity contribution in [1.82, 2.24) is 9.97 Å². The van der Waals surface area contributed by atoms with Crippen molar-refractivity contribution in [3.63, 3.8) is 0 Å². The molecule has 6 heteroatoms. The Morgan fingerprint density at radius 3 is 2.50 bits per heavy atom. The van der Waals surface area contributed by atoms with Crippen LogP contribution in [0.5, 0.6) is 0 Å². The lowest BCUT2D eigenvalue weighted by Gasteiger charge is -2.07. The van der Waals surface area contributed by atoms with Gasteiger partial charge in [0.05, 0.1) is 5.56 Å². The van der Waals surface area contributed by atoms with Crippen LogP contribution in [0.1, 0.15) is 16.1 Å². The topological polar surface area (TPSA) is 77.8 Å². The molecule has 0 saturated carbocycles. The van der Waals surface area contributed by atoms with Crippen LogP contribution < -0.4 is 11.0 Å². The van der Waals surface area contributed by atoms with Crippen molar-refractivity contribution >= 4 is 23.8 Å². The highest BCUT2D eigenvalue weighted by molar-refractivity contribution is 7.71. The average molecular weight is 261 g/mol. The number of carbonyl (C=O) groups is 1. The minimum absolute atomic E-state index is 0.129. The smallest absolute Gasteiger partial charge is 0.322 e. The summed E-state index contributed by atoms with van der Waals surface area (Å²) < 4.78 is 0.129. The molecule has 0 radical (unpaired) electrons. The fraction of sp³-hybridized carbons (Fsp3) is 0.0833. The van der Waals surface area contributed by atoms with Gasteiger partial charge in [0.15, 0.2) is 0 Å². The third-order valence-electron chi connectivity index (χ3n) is 2.39. The first-order valence-corrected chi connectivity index (χ1v) is 5.68. The summed E-state index contributed by atoms with van der Waals surface area (Å²) in [5.74, 6) is -0.351. The number of aromatic amines is 2. The maximum Gasteiger partial charge on any atom is 0.324 e. The predicted octanol–water partition coefficient (Wildman–Crippen LogP) is 1.99. The van der Waals surface area contributed by atoms with Gasteiger partial charge in [-0.1, -0.05) is 30.4 Å². The molecule has 0 atom stereocenters. The van der Waals surface area contributed by atoms with Crippen molar-refractivity contribution in [3.8, 4) is 0 Å². The second-order valence-electron chi connectivity index (χ2n) is 3.73. The van der Waals surface area contributed by atoms with E-state index >= 15 is 0 Å². The molecular formula is C12H11N3O2S. The van der Waals surface area contributed by atoms with Crippen LogP contribution in [0.3, 0.4) is 0 Å². The molecule has 0 aliphatic rings. The lowest BCUT2D eigenvalue weighted by atomic mass is 10.2. The molecule has 5 nitrogen and oxygen atoms in total. The number of anilines is 1. The van der Waals surface area contributed by atoms with Gasteiger partial charge < -0.3 is 10.3 Å². The van der Waals surface area contributed by atoms with Crippen LogP contribution in [-0.2, 0) is 0 Å². The van der Waals surface area contributed by atoms with E-state index < -0.39 is 5.69 Å². The van der Waals surface area contributed by atoms with Gasteiger partial charge >= 0.3 is 5.69 Å². The monoisotopic (exact) mass is 261 g/mol. The minimum Gasteiger partial charge on any atom is -0.322 e. The zero-order chi connectivity index (χ0) is 13.1. The number of carbonyl (C=O) groups excluding carboxylic acids is 1. The molecule has 0 saturated heterocycles. The van der Waals surface area contributed by atoms with Gasteiger partial charge in [-0.05, 0) is 19.1 Å². The molecule has 1 heterocycles. The highest BCUT2D eigenvalue weighted by atomic mass is 32.1. The number of amides is 1. The van der Waals surface area contributed by atoms with E-state index in [4.69, 9.17) is 12.2 Å². The van der Waals surface area contributed by atoms with Crippen molar-refractivity contribution in [3.05, 3.63) is 56.7 Å². The molecule has 0 unspecified atom stereocenters. The molecule has 0 aliphatic carbocycles. The summed E-state index contributed by atoms with van der Waals surface area (Å²) in [6.07, 6.45) is 0. The van der Waals surface area contributed by atoms with E-state index in [0.717, 1.165) is 0 Å². The molecule has 0 aliphatic heterocycles. The summed E-state index contributed by atoms with van der Waals surface area (Å²) in [7, 11) is 0. The Hall–Kier alpha value is -2.21. The average Bonchev–Trinajstić information content (AvgIpc) is 2.28. The zero-order valence-electron chi connectivity index (χ0n) is 9.61. The van der Waals surface area contributed by atoms with Gasteiger partial charge in [-0.3, -0.25) is 9.78 Å². The summed E-state index contributed by atoms with van der Waals surface area (Å²) in [5, 5.41) is 2.71. The van der Waals surface area contributed by atoms with E-state index in [1.165, 1.54) is 0 Å². The van der Waals surface area contributed by atoms with Gasteiger partial charge in [-0.25, -0.2) is 4.79 Å². The van der Waals surface area contributed by atoms with Crippen LogP contribution in [0.2, 0.25) is 0 Å². The largest absolute Gasteiger partial charge is 0.324 e. The Kier molecular flexibility index (Phi) is 3.38. The molecule has 2 aromatic rings. The maximum absolute atomic E-state index is 12.0. The molecule has 18 heavy (non-hydrogen) atoms. The summed E-state index contributed by atoms with van der Waals surface area (Å²) in [4.78, 5) is 28.1. The van der Waals surface area contributed by atoms with Gasteiger partial charge in [0.1, 0.15) is 4.64 Å². The number of benzene rings is 1. The van der Waals surface area contributed by atoms with Crippen molar-refractivity contribution in [2.45, 2.75) is 6.92 Å². The van der Waals surface area contributed by atoms with Crippen molar-refractivity contribution in [2.24, 2.45) is 0 Å². The van der Waals surface area contributed by atoms with Crippen LogP contribution >= 0.6 is 12.2 Å². The Morgan fingerprint density at radius 1 is 1.22 bits per heavy atom. The van der Waals surface area contributed by atoms with E-state index in [1.54, 1.807) is 19.1 Å². The van der Waals surface area contributed by atoms with E-state index in [2.05, 4.69) is 15.3 Å². The van der Waals surface area contributed by atoms with Crippen LogP contribution in [0.25, 0.3) is 0 Å². The molecule has 0 fully saturated rings. The van der Waals surface area contributed by atoms with Crippen LogP contribution in [0.4, 0.5) is 5.69 Å². The van der Waals surface area contributed by atoms with Gasteiger partial charge in [0, 0.05) is 11.4 Å². The normalized spacial score (nSPS) is 10.1. The number of rotatable bonds is 2. The van der Waals surface area contributed by atoms with Crippen molar-refractivity contribution in [2.75, 3.05) is 5.32 Å². The predicted molar refractivity (Wildman–Crippen MR) is 71.4 cm³/mol. The third-order valence-corrected chi connectivity index (χ3v) is 2.70. The number of hydrogen-bond acceptors (Lipinski definition) is 3. The summed E-state index contributed by atoms with van der Waals surface area (Å²) in [6, 6.07) is 9.02. The molecule has 3 N–H and O–H groups in total. The fourth-order valence-corrected chi connectivity index (χ4v) is 1.93. The molecule has 92 valence electrons. The molecule has 2 rings (SSSR count). The second kappa shape index (κ2) is 4.97. The molecule has 0 bridgehead atoms. The molecule has 1 amide bonds. The van der Waals surface area contributed by atoms with Gasteiger partial charge in [-0.2, -0.15) is 0 Å². The lowest BCUT2D eigenvalue weighted by Crippen LogP contribution is -2.21. The first-order valence-electron chi connectivity index (χ1n) is 5.27. The van der Waals surface area contributed by atoms with E-state index in [9.17, 15) is 9.59 Å². The summed E-state index contributed by atoms with van der Waals surface area (Å²) >= 11 is 4.98. The van der Waals surface area contributed by atoms with E-state index in [0.29, 0.717) is 11.4 Å². The van der Waals surface area contributed by atoms with E-state index in [1.807, 2.05) is 18.2 Å². The van der Waals surface area contributed by atoms with Gasteiger partial charge in [0.2, 0.25) is 0 Å². The molecular weight excluding hydrogens is 250 g/mol. The molecule has 0 spiro atoms. The lowest BCUT2D eigenvalue weighted by molar-refractivity contribution is 0.102. The van der Waals surface area contributed by atoms with Crippen LogP contribution in [0.15, 0.2) is 35.1 Å². The summed E-state index contributed by atoms with van der Waals surface area (Å²) in [5.41, 5.74) is 0.960. The maximum atomic E-state index is 12.0. The second-order valence-corrected chi connectivity index (χ2v) is 4.14. The Balaban J connectivity index is 2.36. The highest BCUT2D eigenvalue weighted by Gasteiger charge is 2.12. The standard InChI is InChI=1S/C12H11N3O2S/c1-7-9(11(18)15-12(17)13-7)10(16)14-8-5-3-2-4-6-8/h2-6H,1H3,(H,14,16)(H2,13,15,17,18). The zero-order valence-corrected chi connectivity index (χ0v) is 10.4. The van der Waals surface area contributed by atoms with Crippen LogP contribution in [-0.4, -0.2) is 15.9 Å². The summed E-state index contributed by atoms with van der Waals surface area (Å²) in [6.45, 7) is 1.63. The molecule has 1 aromatic carbocycles. The molecule has 1 aromatic heterocycles. The van der Waals surface area contributed by atoms with Crippen LogP contribution in [0, 0.1) is 11.6 Å². The Labute approximate surface area is 108 Å². The third kappa shape index (κ3) is 2.54. The van der Waals surface area contributed by atoms with Gasteiger partial charge in [-0.15, -0.1) is 0 Å². The van der Waals surface area contributed by atoms with Gasteiger partial charge in [0.25, 0.3) is 5.91 Å². The Bertz CT molecular complexity index is 688.